The molecular formula is C9H8F6N2O. The molecular weight excluding hydrogens is 266 g/mol. The van der Waals surface area contributed by atoms with Gasteiger partial charge < -0.3 is 10.5 Å². The lowest BCUT2D eigenvalue weighted by molar-refractivity contribution is -0.275. The zero-order valence-corrected chi connectivity index (χ0v) is 8.99. The van der Waals surface area contributed by atoms with E-state index in [4.69, 9.17) is 5.73 Å². The first-order valence-electron chi connectivity index (χ1n) is 4.58. The fourth-order valence-corrected chi connectivity index (χ4v) is 1.27. The van der Waals surface area contributed by atoms with Crippen molar-refractivity contribution < 1.29 is 31.1 Å². The van der Waals surface area contributed by atoms with Crippen molar-refractivity contribution in [3.05, 3.63) is 23.0 Å². The number of ether oxygens (including phenoxy) is 1. The van der Waals surface area contributed by atoms with E-state index in [0.717, 1.165) is 6.92 Å². The highest BCUT2D eigenvalue weighted by Gasteiger charge is 2.37. The first-order chi connectivity index (χ1) is 8.04. The molecule has 0 aliphatic rings. The molecule has 0 unspecified atom stereocenters. The smallest absolute Gasteiger partial charge is 0.403 e. The monoisotopic (exact) mass is 274 g/mol. The van der Waals surface area contributed by atoms with Crippen molar-refractivity contribution in [1.29, 1.82) is 0 Å². The van der Waals surface area contributed by atoms with E-state index in [1.165, 1.54) is 0 Å². The number of halogens is 6. The Morgan fingerprint density at radius 1 is 1.22 bits per heavy atom. The zero-order valence-electron chi connectivity index (χ0n) is 8.99. The lowest BCUT2D eigenvalue weighted by atomic mass is 10.1. The highest BCUT2D eigenvalue weighted by atomic mass is 19.4. The predicted octanol–water partition coefficient (Wildman–Crippen LogP) is 2.77. The van der Waals surface area contributed by atoms with Gasteiger partial charge >= 0.3 is 12.5 Å². The Labute approximate surface area is 97.6 Å². The molecule has 18 heavy (non-hydrogen) atoms. The van der Waals surface area contributed by atoms with Crippen LogP contribution < -0.4 is 10.5 Å². The Bertz CT molecular complexity index is 440. The van der Waals surface area contributed by atoms with Crippen LogP contribution in [0.3, 0.4) is 0 Å². The van der Waals surface area contributed by atoms with E-state index in [9.17, 15) is 26.3 Å². The highest BCUT2D eigenvalue weighted by Crippen LogP contribution is 2.34. The van der Waals surface area contributed by atoms with Gasteiger partial charge in [-0.05, 0) is 18.6 Å². The molecule has 0 spiro atoms. The van der Waals surface area contributed by atoms with Crippen LogP contribution in [0.1, 0.15) is 17.0 Å². The Morgan fingerprint density at radius 3 is 2.17 bits per heavy atom. The van der Waals surface area contributed by atoms with Crippen molar-refractivity contribution in [3.8, 4) is 5.75 Å². The summed E-state index contributed by atoms with van der Waals surface area (Å²) in [6, 6.07) is 0.472. The number of nitrogens with zero attached hydrogens (tertiary/aromatic N) is 1. The maximum atomic E-state index is 12.4. The molecule has 0 atom stereocenters. The normalized spacial score (nSPS) is 12.7. The summed E-state index contributed by atoms with van der Waals surface area (Å²) in [7, 11) is 0. The molecule has 1 aromatic rings. The molecule has 0 saturated carbocycles. The van der Waals surface area contributed by atoms with E-state index in [1.807, 2.05) is 0 Å². The van der Waals surface area contributed by atoms with Crippen LogP contribution in [0.2, 0.25) is 0 Å². The van der Waals surface area contributed by atoms with Crippen molar-refractivity contribution >= 4 is 0 Å². The lowest BCUT2D eigenvalue weighted by Crippen LogP contribution is -2.21. The van der Waals surface area contributed by atoms with Crippen LogP contribution in [0.5, 0.6) is 5.75 Å². The van der Waals surface area contributed by atoms with E-state index in [2.05, 4.69) is 9.72 Å². The number of rotatable bonds is 2. The number of aromatic nitrogens is 1. The summed E-state index contributed by atoms with van der Waals surface area (Å²) in [5.41, 5.74) is 2.83. The Balaban J connectivity index is 3.29. The molecule has 102 valence electrons. The minimum absolute atomic E-state index is 0.338. The summed E-state index contributed by atoms with van der Waals surface area (Å²) in [5, 5.41) is 0. The Hall–Kier alpha value is -1.51. The van der Waals surface area contributed by atoms with Gasteiger partial charge in [-0.3, -0.25) is 0 Å². The lowest BCUT2D eigenvalue weighted by Gasteiger charge is -2.16. The van der Waals surface area contributed by atoms with Gasteiger partial charge in [0.15, 0.2) is 5.75 Å². The standard InChI is InChI=1S/C9H8F6N2O/c1-4-2-6(8(10,11)12)17-5(3-16)7(4)18-9(13,14)15/h2H,3,16H2,1H3. The molecule has 0 aromatic carbocycles. The van der Waals surface area contributed by atoms with Crippen LogP contribution in [-0.2, 0) is 12.7 Å². The molecule has 2 N–H and O–H groups in total. The zero-order chi connectivity index (χ0) is 14.1. The van der Waals surface area contributed by atoms with E-state index in [1.54, 1.807) is 0 Å². The third-order valence-electron chi connectivity index (χ3n) is 1.93. The minimum atomic E-state index is -5.02. The largest absolute Gasteiger partial charge is 0.573 e. The van der Waals surface area contributed by atoms with Crippen LogP contribution in [0.4, 0.5) is 26.3 Å². The van der Waals surface area contributed by atoms with E-state index < -0.39 is 36.2 Å². The number of alkyl halides is 6. The fraction of sp³-hybridized carbons (Fsp3) is 0.444. The molecule has 1 aromatic heterocycles. The van der Waals surface area contributed by atoms with Gasteiger partial charge in [0.2, 0.25) is 0 Å². The van der Waals surface area contributed by atoms with Gasteiger partial charge in [-0.2, -0.15) is 13.2 Å². The fourth-order valence-electron chi connectivity index (χ4n) is 1.27. The highest BCUT2D eigenvalue weighted by molar-refractivity contribution is 5.39. The molecule has 1 rings (SSSR count). The van der Waals surface area contributed by atoms with E-state index in [0.29, 0.717) is 6.07 Å². The summed E-state index contributed by atoms with van der Waals surface area (Å²) in [4.78, 5) is 3.03. The number of nitrogens with two attached hydrogens (primary N) is 1. The van der Waals surface area contributed by atoms with Crippen molar-refractivity contribution in [2.45, 2.75) is 26.0 Å². The van der Waals surface area contributed by atoms with Crippen molar-refractivity contribution in [2.75, 3.05) is 0 Å². The van der Waals surface area contributed by atoms with Crippen LogP contribution in [0, 0.1) is 6.92 Å². The van der Waals surface area contributed by atoms with Gasteiger partial charge in [-0.15, -0.1) is 13.2 Å². The first-order valence-corrected chi connectivity index (χ1v) is 4.58. The maximum Gasteiger partial charge on any atom is 0.573 e. The average molecular weight is 274 g/mol. The van der Waals surface area contributed by atoms with Crippen molar-refractivity contribution in [2.24, 2.45) is 5.73 Å². The quantitative estimate of drug-likeness (QED) is 0.843. The molecule has 0 fully saturated rings. The molecule has 1 heterocycles. The summed E-state index contributed by atoms with van der Waals surface area (Å²) in [6.45, 7) is 0.452. The third-order valence-corrected chi connectivity index (χ3v) is 1.93. The molecule has 9 heteroatoms. The molecule has 0 aliphatic carbocycles. The molecule has 0 bridgehead atoms. The molecule has 0 amide bonds. The topological polar surface area (TPSA) is 48.1 Å². The predicted molar refractivity (Wildman–Crippen MR) is 48.6 cm³/mol. The molecule has 0 saturated heterocycles. The number of pyridine rings is 1. The Kier molecular flexibility index (Phi) is 3.75. The second kappa shape index (κ2) is 4.63. The van der Waals surface area contributed by atoms with E-state index in [-0.39, 0.29) is 5.56 Å². The van der Waals surface area contributed by atoms with Crippen LogP contribution in [0.25, 0.3) is 0 Å². The number of hydrogen-bond donors (Lipinski definition) is 1. The second-order valence-corrected chi connectivity index (χ2v) is 3.35. The minimum Gasteiger partial charge on any atom is -0.403 e. The van der Waals surface area contributed by atoms with Gasteiger partial charge in [-0.25, -0.2) is 4.98 Å². The van der Waals surface area contributed by atoms with Crippen molar-refractivity contribution in [1.82, 2.24) is 4.98 Å². The molecule has 0 aliphatic heterocycles. The van der Waals surface area contributed by atoms with Gasteiger partial charge in [0.1, 0.15) is 5.69 Å². The maximum absolute atomic E-state index is 12.4. The summed E-state index contributed by atoms with van der Waals surface area (Å²) >= 11 is 0. The van der Waals surface area contributed by atoms with Gasteiger partial charge in [0, 0.05) is 6.54 Å². The summed E-state index contributed by atoms with van der Waals surface area (Å²) < 4.78 is 77.0. The Morgan fingerprint density at radius 2 is 1.78 bits per heavy atom. The van der Waals surface area contributed by atoms with Crippen LogP contribution in [-0.4, -0.2) is 11.3 Å². The van der Waals surface area contributed by atoms with Gasteiger partial charge in [0.05, 0.1) is 5.69 Å². The van der Waals surface area contributed by atoms with Crippen molar-refractivity contribution in [3.63, 3.8) is 0 Å². The summed E-state index contributed by atoms with van der Waals surface area (Å²) in [6.07, 6.45) is -9.78. The molecule has 3 nitrogen and oxygen atoms in total. The summed E-state index contributed by atoms with van der Waals surface area (Å²) in [5.74, 6) is -0.794. The van der Waals surface area contributed by atoms with Gasteiger partial charge in [-0.1, -0.05) is 0 Å². The van der Waals surface area contributed by atoms with Crippen LogP contribution >= 0.6 is 0 Å². The number of hydrogen-bond acceptors (Lipinski definition) is 3. The SMILES string of the molecule is Cc1cc(C(F)(F)F)nc(CN)c1OC(F)(F)F. The third kappa shape index (κ3) is 3.49. The molecule has 0 radical (unpaired) electrons. The number of aryl methyl sites for hydroxylation is 1. The van der Waals surface area contributed by atoms with E-state index >= 15 is 0 Å². The second-order valence-electron chi connectivity index (χ2n) is 3.35. The van der Waals surface area contributed by atoms with Gasteiger partial charge in [0.25, 0.3) is 0 Å². The first kappa shape index (κ1) is 14.6. The van der Waals surface area contributed by atoms with Crippen LogP contribution in [0.15, 0.2) is 6.07 Å². The average Bonchev–Trinajstić information content (AvgIpc) is 2.17.